The maximum Gasteiger partial charge on any atom is 0.239 e. The number of likely N-dealkylation sites (tertiary alicyclic amines) is 1. The number of carbonyl (C=O) groups is 2. The Morgan fingerprint density at radius 1 is 0.979 bits per heavy atom. The first-order valence-electron chi connectivity index (χ1n) is 17.2. The number of piperidine rings is 1. The van der Waals surface area contributed by atoms with Gasteiger partial charge in [0.1, 0.15) is 11.9 Å². The van der Waals surface area contributed by atoms with Crippen molar-refractivity contribution < 1.29 is 27.5 Å². The molecule has 1 saturated heterocycles. The van der Waals surface area contributed by atoms with Gasteiger partial charge in [0, 0.05) is 31.4 Å². The molecule has 1 saturated carbocycles. The van der Waals surface area contributed by atoms with Crippen molar-refractivity contribution in [1.82, 2.24) is 20.9 Å². The standard InChI is InChI=1S/C37H55FN4O5S/c1-36(2,3)41-34(44)31-21-27-16-10-11-17-28(27)23-42(31)24-32(43)30(20-25-13-8-7-9-14-25)40-35(45)33(37(4,5)48(6,46)47)39-22-26-15-12-18-29(38)19-26/h7-9,12-15,18-19,27-28,30-33,39,43H,10-11,16-17,20-24H2,1-6H3,(H,40,45)(H,41,44)/t27-,28+,30-,31-,32+,33+/m0/s1. The summed E-state index contributed by atoms with van der Waals surface area (Å²) in [7, 11) is -3.75. The van der Waals surface area contributed by atoms with Crippen LogP contribution >= 0.6 is 0 Å². The van der Waals surface area contributed by atoms with Crippen LogP contribution < -0.4 is 16.0 Å². The molecule has 2 amide bonds. The molecule has 2 aromatic rings. The number of fused-ring (bicyclic) bond motifs is 1. The Bertz CT molecular complexity index is 1500. The second kappa shape index (κ2) is 15.8. The number of nitrogens with zero attached hydrogens (tertiary/aromatic N) is 1. The Balaban J connectivity index is 1.61. The second-order valence-electron chi connectivity index (χ2n) is 15.4. The van der Waals surface area contributed by atoms with E-state index in [1.54, 1.807) is 12.1 Å². The van der Waals surface area contributed by atoms with Crippen LogP contribution in [0.4, 0.5) is 4.39 Å². The molecule has 2 aliphatic rings. The molecular weight excluding hydrogens is 631 g/mol. The van der Waals surface area contributed by atoms with Gasteiger partial charge in [-0.1, -0.05) is 61.7 Å². The van der Waals surface area contributed by atoms with Gasteiger partial charge in [-0.25, -0.2) is 12.8 Å². The molecule has 0 bridgehead atoms. The zero-order chi connectivity index (χ0) is 35.3. The molecule has 1 aliphatic carbocycles. The fourth-order valence-corrected chi connectivity index (χ4v) is 7.77. The minimum Gasteiger partial charge on any atom is -0.390 e. The molecule has 4 rings (SSSR count). The predicted molar refractivity (Wildman–Crippen MR) is 187 cm³/mol. The largest absolute Gasteiger partial charge is 0.390 e. The van der Waals surface area contributed by atoms with Gasteiger partial charge in [0.25, 0.3) is 0 Å². The number of hydrogen-bond donors (Lipinski definition) is 4. The smallest absolute Gasteiger partial charge is 0.239 e. The zero-order valence-corrected chi connectivity index (χ0v) is 30.2. The van der Waals surface area contributed by atoms with Gasteiger partial charge in [0.2, 0.25) is 11.8 Å². The molecule has 2 aromatic carbocycles. The van der Waals surface area contributed by atoms with E-state index in [1.165, 1.54) is 32.4 Å². The number of amides is 2. The van der Waals surface area contributed by atoms with E-state index in [-0.39, 0.29) is 19.0 Å². The third-order valence-electron chi connectivity index (χ3n) is 10.1. The van der Waals surface area contributed by atoms with Crippen molar-refractivity contribution in [3.8, 4) is 0 Å². The summed E-state index contributed by atoms with van der Waals surface area (Å²) in [5, 5.41) is 21.1. The molecule has 2 fully saturated rings. The van der Waals surface area contributed by atoms with Gasteiger partial charge in [0.15, 0.2) is 9.84 Å². The fourth-order valence-electron chi connectivity index (χ4n) is 7.15. The minimum atomic E-state index is -3.75. The van der Waals surface area contributed by atoms with E-state index in [4.69, 9.17) is 0 Å². The molecule has 0 unspecified atom stereocenters. The third-order valence-corrected chi connectivity index (χ3v) is 12.3. The Kier molecular flexibility index (Phi) is 12.5. The Morgan fingerprint density at radius 3 is 2.25 bits per heavy atom. The van der Waals surface area contributed by atoms with Crippen molar-refractivity contribution in [3.05, 3.63) is 71.5 Å². The highest BCUT2D eigenvalue weighted by molar-refractivity contribution is 7.92. The first kappa shape index (κ1) is 38.0. The molecule has 11 heteroatoms. The average Bonchev–Trinajstić information content (AvgIpc) is 2.99. The van der Waals surface area contributed by atoms with Crippen LogP contribution in [-0.4, -0.2) is 84.1 Å². The zero-order valence-electron chi connectivity index (χ0n) is 29.3. The van der Waals surface area contributed by atoms with Gasteiger partial charge in [-0.2, -0.15) is 0 Å². The average molecular weight is 687 g/mol. The summed E-state index contributed by atoms with van der Waals surface area (Å²) in [6, 6.07) is 13.0. The SMILES string of the molecule is CC(C)(C)NC(=O)[C@@H]1C[C@@H]2CCCC[C@@H]2CN1C[C@@H](O)[C@H](Cc1ccccc1)NC(=O)[C@@H](NCc1cccc(F)c1)C(C)(C)S(C)(=O)=O. The van der Waals surface area contributed by atoms with Crippen LogP contribution in [0.5, 0.6) is 0 Å². The van der Waals surface area contributed by atoms with E-state index in [2.05, 4.69) is 20.9 Å². The van der Waals surface area contributed by atoms with Crippen molar-refractivity contribution in [2.24, 2.45) is 11.8 Å². The number of carbonyl (C=O) groups excluding carboxylic acids is 2. The number of halogens is 1. The minimum absolute atomic E-state index is 0.0566. The van der Waals surface area contributed by atoms with E-state index in [9.17, 15) is 27.5 Å². The summed E-state index contributed by atoms with van der Waals surface area (Å²) >= 11 is 0. The van der Waals surface area contributed by atoms with Crippen molar-refractivity contribution in [2.45, 2.75) is 114 Å². The molecule has 48 heavy (non-hydrogen) atoms. The highest BCUT2D eigenvalue weighted by Gasteiger charge is 2.45. The highest BCUT2D eigenvalue weighted by Crippen LogP contribution is 2.39. The number of aliphatic hydroxyl groups excluding tert-OH is 1. The summed E-state index contributed by atoms with van der Waals surface area (Å²) in [5.41, 5.74) is 1.04. The Labute approximate surface area is 286 Å². The summed E-state index contributed by atoms with van der Waals surface area (Å²) < 4.78 is 38.3. The fraction of sp³-hybridized carbons (Fsp3) is 0.622. The Hall–Kier alpha value is -2.86. The lowest BCUT2D eigenvalue weighted by Crippen LogP contribution is -2.63. The lowest BCUT2D eigenvalue weighted by atomic mass is 9.72. The quantitative estimate of drug-likeness (QED) is 0.251. The second-order valence-corrected chi connectivity index (χ2v) is 18.0. The van der Waals surface area contributed by atoms with Crippen molar-refractivity contribution in [1.29, 1.82) is 0 Å². The normalized spacial score (nSPS) is 22.6. The molecule has 9 nitrogen and oxygen atoms in total. The van der Waals surface area contributed by atoms with Gasteiger partial charge in [0.05, 0.1) is 22.9 Å². The van der Waals surface area contributed by atoms with Crippen LogP contribution in [0.3, 0.4) is 0 Å². The third kappa shape index (κ3) is 10.1. The number of benzene rings is 2. The highest BCUT2D eigenvalue weighted by atomic mass is 32.2. The van der Waals surface area contributed by atoms with Crippen LogP contribution in [0.2, 0.25) is 0 Å². The maximum atomic E-state index is 14.1. The number of rotatable bonds is 13. The van der Waals surface area contributed by atoms with Crippen molar-refractivity contribution in [2.75, 3.05) is 19.3 Å². The van der Waals surface area contributed by atoms with E-state index < -0.39 is 56.1 Å². The molecule has 4 N–H and O–H groups in total. The van der Waals surface area contributed by atoms with Crippen LogP contribution in [0, 0.1) is 17.7 Å². The van der Waals surface area contributed by atoms with Crippen LogP contribution in [0.1, 0.15) is 77.8 Å². The Morgan fingerprint density at radius 2 is 1.62 bits per heavy atom. The van der Waals surface area contributed by atoms with Gasteiger partial charge in [-0.05, 0) is 89.0 Å². The van der Waals surface area contributed by atoms with E-state index in [1.807, 2.05) is 51.1 Å². The molecule has 1 heterocycles. The summed E-state index contributed by atoms with van der Waals surface area (Å²) in [6.45, 7) is 9.76. The molecule has 0 radical (unpaired) electrons. The van der Waals surface area contributed by atoms with Gasteiger partial charge < -0.3 is 21.1 Å². The van der Waals surface area contributed by atoms with Gasteiger partial charge in [-0.15, -0.1) is 0 Å². The number of hydrogen-bond acceptors (Lipinski definition) is 7. The van der Waals surface area contributed by atoms with Gasteiger partial charge in [-0.3, -0.25) is 14.5 Å². The van der Waals surface area contributed by atoms with Gasteiger partial charge >= 0.3 is 0 Å². The molecule has 6 atom stereocenters. The summed E-state index contributed by atoms with van der Waals surface area (Å²) in [6.07, 6.45) is 5.56. The molecule has 0 aromatic heterocycles. The number of nitrogens with one attached hydrogen (secondary N) is 3. The summed E-state index contributed by atoms with van der Waals surface area (Å²) in [5.74, 6) is -0.172. The van der Waals surface area contributed by atoms with E-state index in [0.717, 1.165) is 37.5 Å². The topological polar surface area (TPSA) is 128 Å². The number of aliphatic hydroxyl groups is 1. The van der Waals surface area contributed by atoms with E-state index in [0.29, 0.717) is 30.4 Å². The number of β-amino-alcohol motifs (C(OH)–C–C–N with tert-alkyl or cyclic N) is 1. The lowest BCUT2D eigenvalue weighted by molar-refractivity contribution is -0.133. The number of sulfone groups is 1. The molecule has 1 aliphatic heterocycles. The predicted octanol–water partition coefficient (Wildman–Crippen LogP) is 3.99. The van der Waals surface area contributed by atoms with Crippen LogP contribution in [-0.2, 0) is 32.4 Å². The molecule has 266 valence electrons. The lowest BCUT2D eigenvalue weighted by Gasteiger charge is -2.47. The maximum absolute atomic E-state index is 14.1. The van der Waals surface area contributed by atoms with Crippen molar-refractivity contribution in [3.63, 3.8) is 0 Å². The monoisotopic (exact) mass is 686 g/mol. The first-order valence-corrected chi connectivity index (χ1v) is 19.1. The van der Waals surface area contributed by atoms with Crippen molar-refractivity contribution >= 4 is 21.7 Å². The van der Waals surface area contributed by atoms with Crippen LogP contribution in [0.25, 0.3) is 0 Å². The summed E-state index contributed by atoms with van der Waals surface area (Å²) in [4.78, 5) is 29.9. The molecule has 0 spiro atoms. The first-order chi connectivity index (χ1) is 22.4. The molecular formula is C37H55FN4O5S. The van der Waals surface area contributed by atoms with E-state index >= 15 is 0 Å². The van der Waals surface area contributed by atoms with Crippen LogP contribution in [0.15, 0.2) is 54.6 Å².